The molecule has 0 aromatic rings. The smallest absolute Gasteiger partial charge is 0.250 e. The fourth-order valence-electron chi connectivity index (χ4n) is 2.95. The highest BCUT2D eigenvalue weighted by Crippen LogP contribution is 2.29. The van der Waals surface area contributed by atoms with Crippen molar-refractivity contribution in [2.24, 2.45) is 11.7 Å². The molecule has 2 nitrogen and oxygen atoms in total. The molecule has 0 aromatic carbocycles. The second-order valence-electron chi connectivity index (χ2n) is 5.77. The van der Waals surface area contributed by atoms with E-state index in [4.69, 9.17) is 5.73 Å². The van der Waals surface area contributed by atoms with Gasteiger partial charge in [0.1, 0.15) is 0 Å². The van der Waals surface area contributed by atoms with Crippen molar-refractivity contribution in [1.82, 2.24) is 4.90 Å². The molecule has 2 fully saturated rings. The fourth-order valence-corrected chi connectivity index (χ4v) is 2.95. The largest absolute Gasteiger partial charge is 0.328 e. The van der Waals surface area contributed by atoms with Crippen LogP contribution >= 0.6 is 0 Å². The number of piperidine rings is 1. The molecule has 0 radical (unpaired) electrons. The minimum atomic E-state index is -2.41. The third-order valence-corrected chi connectivity index (χ3v) is 4.33. The molecule has 1 saturated carbocycles. The van der Waals surface area contributed by atoms with Crippen molar-refractivity contribution in [3.05, 3.63) is 0 Å². The summed E-state index contributed by atoms with van der Waals surface area (Å²) < 4.78 is 26.0. The zero-order valence-electron chi connectivity index (χ0n) is 10.5. The predicted molar refractivity (Wildman–Crippen MR) is 65.2 cm³/mol. The summed E-state index contributed by atoms with van der Waals surface area (Å²) in [6.07, 6.45) is 5.99. The summed E-state index contributed by atoms with van der Waals surface area (Å²) in [5, 5.41) is 0. The van der Waals surface area contributed by atoms with E-state index in [2.05, 4.69) is 4.90 Å². The van der Waals surface area contributed by atoms with Crippen LogP contribution in [0, 0.1) is 5.92 Å². The molecule has 2 rings (SSSR count). The summed E-state index contributed by atoms with van der Waals surface area (Å²) >= 11 is 0. The predicted octanol–water partition coefficient (Wildman–Crippen LogP) is 2.63. The Morgan fingerprint density at radius 3 is 2.24 bits per heavy atom. The molecule has 2 N–H and O–H groups in total. The summed E-state index contributed by atoms with van der Waals surface area (Å²) in [6.45, 7) is 2.13. The minimum absolute atomic E-state index is 0.0442. The Kier molecular flexibility index (Phi) is 4.36. The molecule has 0 aromatic heterocycles. The topological polar surface area (TPSA) is 29.3 Å². The van der Waals surface area contributed by atoms with Gasteiger partial charge in [-0.25, -0.2) is 8.78 Å². The van der Waals surface area contributed by atoms with Gasteiger partial charge >= 0.3 is 0 Å². The van der Waals surface area contributed by atoms with Gasteiger partial charge in [0, 0.05) is 32.0 Å². The molecule has 0 bridgehead atoms. The number of hydrogen-bond acceptors (Lipinski definition) is 2. The minimum Gasteiger partial charge on any atom is -0.328 e. The first-order chi connectivity index (χ1) is 8.05. The van der Waals surface area contributed by atoms with Crippen molar-refractivity contribution < 1.29 is 8.78 Å². The molecular weight excluding hydrogens is 222 g/mol. The lowest BCUT2D eigenvalue weighted by Crippen LogP contribution is -2.40. The average Bonchev–Trinajstić information content (AvgIpc) is 2.30. The Morgan fingerprint density at radius 2 is 1.65 bits per heavy atom. The standard InChI is InChI=1S/C13H24F2N2/c14-13(15)6-9-17(10-7-13)8-5-11-1-3-12(16)4-2-11/h11-12H,1-10,16H2. The molecule has 1 saturated heterocycles. The quantitative estimate of drug-likeness (QED) is 0.829. The van der Waals surface area contributed by atoms with Crippen LogP contribution in [0.25, 0.3) is 0 Å². The fraction of sp³-hybridized carbons (Fsp3) is 1.00. The zero-order valence-corrected chi connectivity index (χ0v) is 10.5. The third kappa shape index (κ3) is 4.18. The second-order valence-corrected chi connectivity index (χ2v) is 5.77. The number of halogens is 2. The summed E-state index contributed by atoms with van der Waals surface area (Å²) in [5.41, 5.74) is 5.87. The van der Waals surface area contributed by atoms with Gasteiger partial charge in [-0.2, -0.15) is 0 Å². The normalized spacial score (nSPS) is 34.8. The number of alkyl halides is 2. The highest BCUT2D eigenvalue weighted by Gasteiger charge is 2.33. The SMILES string of the molecule is NC1CCC(CCN2CCC(F)(F)CC2)CC1. The van der Waals surface area contributed by atoms with Crippen LogP contribution in [0.4, 0.5) is 8.78 Å². The monoisotopic (exact) mass is 246 g/mol. The Bertz CT molecular complexity index is 228. The van der Waals surface area contributed by atoms with Crippen LogP contribution in [0.1, 0.15) is 44.9 Å². The second kappa shape index (κ2) is 5.61. The van der Waals surface area contributed by atoms with Gasteiger partial charge in [-0.05, 0) is 44.6 Å². The maximum atomic E-state index is 13.0. The van der Waals surface area contributed by atoms with Gasteiger partial charge in [0.05, 0.1) is 0 Å². The lowest BCUT2D eigenvalue weighted by Gasteiger charge is -2.33. The van der Waals surface area contributed by atoms with Gasteiger partial charge in [-0.3, -0.25) is 0 Å². The molecule has 17 heavy (non-hydrogen) atoms. The number of rotatable bonds is 3. The molecule has 4 heteroatoms. The lowest BCUT2D eigenvalue weighted by atomic mass is 9.84. The van der Waals surface area contributed by atoms with E-state index in [9.17, 15) is 8.78 Å². The van der Waals surface area contributed by atoms with Crippen LogP contribution in [0.3, 0.4) is 0 Å². The molecule has 2 aliphatic rings. The van der Waals surface area contributed by atoms with Gasteiger partial charge in [0.25, 0.3) is 5.92 Å². The van der Waals surface area contributed by atoms with Crippen molar-refractivity contribution in [2.45, 2.75) is 56.9 Å². The van der Waals surface area contributed by atoms with Crippen LogP contribution in [0.5, 0.6) is 0 Å². The molecule has 0 unspecified atom stereocenters. The van der Waals surface area contributed by atoms with E-state index in [1.54, 1.807) is 0 Å². The first kappa shape index (κ1) is 13.2. The van der Waals surface area contributed by atoms with Crippen LogP contribution in [-0.4, -0.2) is 36.5 Å². The number of hydrogen-bond donors (Lipinski definition) is 1. The van der Waals surface area contributed by atoms with Crippen molar-refractivity contribution in [3.8, 4) is 0 Å². The molecule has 1 aliphatic carbocycles. The van der Waals surface area contributed by atoms with E-state index < -0.39 is 5.92 Å². The molecule has 0 spiro atoms. The van der Waals surface area contributed by atoms with Crippen LogP contribution in [0.15, 0.2) is 0 Å². The van der Waals surface area contributed by atoms with Crippen LogP contribution in [0.2, 0.25) is 0 Å². The van der Waals surface area contributed by atoms with Gasteiger partial charge in [-0.15, -0.1) is 0 Å². The van der Waals surface area contributed by atoms with Crippen molar-refractivity contribution >= 4 is 0 Å². The van der Waals surface area contributed by atoms with E-state index in [0.29, 0.717) is 19.1 Å². The first-order valence-corrected chi connectivity index (χ1v) is 6.91. The van der Waals surface area contributed by atoms with Crippen molar-refractivity contribution in [3.63, 3.8) is 0 Å². The van der Waals surface area contributed by atoms with E-state index >= 15 is 0 Å². The summed E-state index contributed by atoms with van der Waals surface area (Å²) in [4.78, 5) is 2.20. The van der Waals surface area contributed by atoms with E-state index in [0.717, 1.165) is 31.7 Å². The first-order valence-electron chi connectivity index (χ1n) is 6.91. The Labute approximate surface area is 103 Å². The molecule has 0 amide bonds. The lowest BCUT2D eigenvalue weighted by molar-refractivity contribution is -0.0558. The van der Waals surface area contributed by atoms with Gasteiger partial charge < -0.3 is 10.6 Å². The van der Waals surface area contributed by atoms with Crippen LogP contribution in [-0.2, 0) is 0 Å². The zero-order chi connectivity index (χ0) is 12.3. The highest BCUT2D eigenvalue weighted by atomic mass is 19.3. The van der Waals surface area contributed by atoms with Crippen molar-refractivity contribution in [2.75, 3.05) is 19.6 Å². The third-order valence-electron chi connectivity index (χ3n) is 4.33. The average molecular weight is 246 g/mol. The van der Waals surface area contributed by atoms with Crippen molar-refractivity contribution in [1.29, 1.82) is 0 Å². The summed E-state index contributed by atoms with van der Waals surface area (Å²) in [5.74, 6) is -1.63. The van der Waals surface area contributed by atoms with Gasteiger partial charge in [0.15, 0.2) is 0 Å². The highest BCUT2D eigenvalue weighted by molar-refractivity contribution is 4.79. The molecule has 1 aliphatic heterocycles. The Morgan fingerprint density at radius 1 is 1.06 bits per heavy atom. The maximum Gasteiger partial charge on any atom is 0.250 e. The van der Waals surface area contributed by atoms with E-state index in [-0.39, 0.29) is 12.8 Å². The molecule has 0 atom stereocenters. The Balaban J connectivity index is 1.63. The molecule has 100 valence electrons. The van der Waals surface area contributed by atoms with Gasteiger partial charge in [-0.1, -0.05) is 0 Å². The Hall–Kier alpha value is -0.220. The van der Waals surface area contributed by atoms with Gasteiger partial charge in [0.2, 0.25) is 0 Å². The molecule has 1 heterocycles. The van der Waals surface area contributed by atoms with E-state index in [1.165, 1.54) is 12.8 Å². The number of likely N-dealkylation sites (tertiary alicyclic amines) is 1. The number of nitrogens with two attached hydrogens (primary N) is 1. The number of nitrogens with zero attached hydrogens (tertiary/aromatic N) is 1. The van der Waals surface area contributed by atoms with Crippen LogP contribution < -0.4 is 5.73 Å². The summed E-state index contributed by atoms with van der Waals surface area (Å²) in [7, 11) is 0. The maximum absolute atomic E-state index is 13.0. The molecular formula is C13H24F2N2. The summed E-state index contributed by atoms with van der Waals surface area (Å²) in [6, 6.07) is 0.403. The van der Waals surface area contributed by atoms with E-state index in [1.807, 2.05) is 0 Å².